The first-order valence-corrected chi connectivity index (χ1v) is 8.73. The maximum Gasteiger partial charge on any atom is 0.227 e. The highest BCUT2D eigenvalue weighted by Crippen LogP contribution is 2.25. The van der Waals surface area contributed by atoms with Crippen LogP contribution in [0.15, 0.2) is 36.5 Å². The maximum absolute atomic E-state index is 12.3. The van der Waals surface area contributed by atoms with E-state index in [0.717, 1.165) is 42.9 Å². The number of nitrogens with zero attached hydrogens (tertiary/aromatic N) is 1. The molecule has 0 spiro atoms. The number of hydrogen-bond donors (Lipinski definition) is 2. The lowest BCUT2D eigenvalue weighted by atomic mass is 9.88. The van der Waals surface area contributed by atoms with Crippen LogP contribution in [0.1, 0.15) is 43.2 Å². The third-order valence-electron chi connectivity index (χ3n) is 4.65. The number of nitrogens with one attached hydrogen (secondary N) is 2. The van der Waals surface area contributed by atoms with Crippen LogP contribution in [-0.2, 0) is 4.79 Å². The quantitative estimate of drug-likeness (QED) is 0.836. The molecule has 4 heteroatoms. The zero-order chi connectivity index (χ0) is 16.9. The van der Waals surface area contributed by atoms with E-state index in [1.165, 1.54) is 17.5 Å². The van der Waals surface area contributed by atoms with Crippen molar-refractivity contribution >= 4 is 23.1 Å². The first kappa shape index (κ1) is 16.5. The van der Waals surface area contributed by atoms with Gasteiger partial charge in [0.15, 0.2) is 0 Å². The molecule has 24 heavy (non-hydrogen) atoms. The summed E-state index contributed by atoms with van der Waals surface area (Å²) in [7, 11) is 0. The molecule has 1 saturated carbocycles. The van der Waals surface area contributed by atoms with Crippen molar-refractivity contribution in [3.8, 4) is 0 Å². The van der Waals surface area contributed by atoms with Gasteiger partial charge in [-0.15, -0.1) is 0 Å². The number of rotatable bonds is 4. The van der Waals surface area contributed by atoms with E-state index in [1.54, 1.807) is 6.20 Å². The largest absolute Gasteiger partial charge is 0.340 e. The number of carbonyl (C=O) groups excluding carboxylic acids is 1. The molecular formula is C20H25N3O. The summed E-state index contributed by atoms with van der Waals surface area (Å²) in [4.78, 5) is 16.7. The number of aromatic nitrogens is 1. The molecule has 0 unspecified atom stereocenters. The third kappa shape index (κ3) is 4.13. The first-order chi connectivity index (χ1) is 11.6. The average molecular weight is 323 g/mol. The fourth-order valence-electron chi connectivity index (χ4n) is 3.24. The van der Waals surface area contributed by atoms with Crippen LogP contribution < -0.4 is 10.6 Å². The molecular weight excluding hydrogens is 298 g/mol. The molecule has 0 saturated heterocycles. The monoisotopic (exact) mass is 323 g/mol. The number of aryl methyl sites for hydroxylation is 2. The van der Waals surface area contributed by atoms with Crippen LogP contribution >= 0.6 is 0 Å². The van der Waals surface area contributed by atoms with E-state index in [2.05, 4.69) is 47.7 Å². The first-order valence-electron chi connectivity index (χ1n) is 8.73. The summed E-state index contributed by atoms with van der Waals surface area (Å²) in [5.41, 5.74) is 4.24. The van der Waals surface area contributed by atoms with Gasteiger partial charge in [0.25, 0.3) is 0 Å². The van der Waals surface area contributed by atoms with Crippen LogP contribution in [0.25, 0.3) is 0 Å². The van der Waals surface area contributed by atoms with Crippen molar-refractivity contribution in [3.63, 3.8) is 0 Å². The van der Waals surface area contributed by atoms with Gasteiger partial charge in [-0.3, -0.25) is 4.79 Å². The normalized spacial score (nSPS) is 15.1. The second kappa shape index (κ2) is 7.47. The highest BCUT2D eigenvalue weighted by Gasteiger charge is 2.21. The lowest BCUT2D eigenvalue weighted by molar-refractivity contribution is -0.120. The minimum absolute atomic E-state index is 0.131. The maximum atomic E-state index is 12.3. The van der Waals surface area contributed by atoms with Crippen LogP contribution in [0, 0.1) is 19.8 Å². The van der Waals surface area contributed by atoms with Crippen molar-refractivity contribution in [2.24, 2.45) is 5.92 Å². The molecule has 2 aromatic rings. The molecule has 1 fully saturated rings. The fraction of sp³-hybridized carbons (Fsp3) is 0.400. The molecule has 3 rings (SSSR count). The number of carbonyl (C=O) groups is 1. The molecule has 0 bridgehead atoms. The van der Waals surface area contributed by atoms with Crippen molar-refractivity contribution in [2.75, 3.05) is 10.6 Å². The van der Waals surface area contributed by atoms with Gasteiger partial charge in [-0.05, 0) is 50.5 Å². The molecule has 1 aromatic heterocycles. The van der Waals surface area contributed by atoms with E-state index in [-0.39, 0.29) is 11.8 Å². The van der Waals surface area contributed by atoms with Crippen molar-refractivity contribution < 1.29 is 4.79 Å². The Morgan fingerprint density at radius 2 is 1.88 bits per heavy atom. The van der Waals surface area contributed by atoms with Crippen molar-refractivity contribution in [1.82, 2.24) is 4.98 Å². The Morgan fingerprint density at radius 3 is 2.54 bits per heavy atom. The Bertz CT molecular complexity index is 703. The second-order valence-electron chi connectivity index (χ2n) is 6.70. The molecule has 4 nitrogen and oxygen atoms in total. The summed E-state index contributed by atoms with van der Waals surface area (Å²) in [5.74, 6) is 1.07. The van der Waals surface area contributed by atoms with Gasteiger partial charge in [0.2, 0.25) is 5.91 Å². The SMILES string of the molecule is Cc1ccc(Nc2ccc(NC(=O)C3CCCCC3)cn2)c(C)c1. The Balaban J connectivity index is 1.61. The molecule has 0 aliphatic heterocycles. The highest BCUT2D eigenvalue weighted by molar-refractivity contribution is 5.92. The Labute approximate surface area is 143 Å². The second-order valence-corrected chi connectivity index (χ2v) is 6.70. The average Bonchev–Trinajstić information content (AvgIpc) is 2.60. The molecule has 126 valence electrons. The predicted molar refractivity (Wildman–Crippen MR) is 98.6 cm³/mol. The van der Waals surface area contributed by atoms with Crippen LogP contribution in [0.5, 0.6) is 0 Å². The van der Waals surface area contributed by atoms with E-state index in [9.17, 15) is 4.79 Å². The molecule has 2 N–H and O–H groups in total. The molecule has 1 aromatic carbocycles. The van der Waals surface area contributed by atoms with Gasteiger partial charge < -0.3 is 10.6 Å². The smallest absolute Gasteiger partial charge is 0.227 e. The number of hydrogen-bond acceptors (Lipinski definition) is 3. The van der Waals surface area contributed by atoms with Crippen LogP contribution in [0.2, 0.25) is 0 Å². The summed E-state index contributed by atoms with van der Waals surface area (Å²) >= 11 is 0. The number of pyridine rings is 1. The van der Waals surface area contributed by atoms with Gasteiger partial charge in [0.05, 0.1) is 11.9 Å². The van der Waals surface area contributed by atoms with Crippen LogP contribution in [-0.4, -0.2) is 10.9 Å². The van der Waals surface area contributed by atoms with E-state index < -0.39 is 0 Å². The fourth-order valence-corrected chi connectivity index (χ4v) is 3.24. The summed E-state index contributed by atoms with van der Waals surface area (Å²) < 4.78 is 0. The highest BCUT2D eigenvalue weighted by atomic mass is 16.1. The minimum Gasteiger partial charge on any atom is -0.340 e. The molecule has 1 aliphatic carbocycles. The Hall–Kier alpha value is -2.36. The molecule has 1 amide bonds. The summed E-state index contributed by atoms with van der Waals surface area (Å²) in [6.45, 7) is 4.16. The summed E-state index contributed by atoms with van der Waals surface area (Å²) in [5, 5.41) is 6.31. The van der Waals surface area contributed by atoms with Gasteiger partial charge in [0, 0.05) is 11.6 Å². The van der Waals surface area contributed by atoms with Crippen LogP contribution in [0.4, 0.5) is 17.2 Å². The lowest BCUT2D eigenvalue weighted by Gasteiger charge is -2.20. The third-order valence-corrected chi connectivity index (χ3v) is 4.65. The van der Waals surface area contributed by atoms with Gasteiger partial charge >= 0.3 is 0 Å². The van der Waals surface area contributed by atoms with E-state index in [0.29, 0.717) is 0 Å². The molecule has 0 atom stereocenters. The predicted octanol–water partition coefficient (Wildman–Crippen LogP) is 4.96. The molecule has 0 radical (unpaired) electrons. The van der Waals surface area contributed by atoms with Gasteiger partial charge in [-0.2, -0.15) is 0 Å². The van der Waals surface area contributed by atoms with Gasteiger partial charge in [-0.25, -0.2) is 4.98 Å². The minimum atomic E-state index is 0.131. The van der Waals surface area contributed by atoms with E-state index in [4.69, 9.17) is 0 Å². The number of anilines is 3. The molecule has 1 heterocycles. The standard InChI is InChI=1S/C20H25N3O/c1-14-8-10-18(15(2)12-14)23-19-11-9-17(13-21-19)22-20(24)16-6-4-3-5-7-16/h8-13,16H,3-7H2,1-2H3,(H,21,23)(H,22,24). The number of benzene rings is 1. The van der Waals surface area contributed by atoms with Crippen molar-refractivity contribution in [3.05, 3.63) is 47.7 Å². The van der Waals surface area contributed by atoms with Crippen LogP contribution in [0.3, 0.4) is 0 Å². The Morgan fingerprint density at radius 1 is 1.08 bits per heavy atom. The van der Waals surface area contributed by atoms with E-state index >= 15 is 0 Å². The van der Waals surface area contributed by atoms with Crippen molar-refractivity contribution in [1.29, 1.82) is 0 Å². The van der Waals surface area contributed by atoms with Gasteiger partial charge in [0.1, 0.15) is 5.82 Å². The summed E-state index contributed by atoms with van der Waals surface area (Å²) in [6, 6.07) is 10.1. The number of amides is 1. The van der Waals surface area contributed by atoms with Gasteiger partial charge in [-0.1, -0.05) is 37.0 Å². The zero-order valence-electron chi connectivity index (χ0n) is 14.4. The Kier molecular flexibility index (Phi) is 5.14. The molecule has 1 aliphatic rings. The topological polar surface area (TPSA) is 54.0 Å². The van der Waals surface area contributed by atoms with E-state index in [1.807, 2.05) is 12.1 Å². The van der Waals surface area contributed by atoms with Crippen molar-refractivity contribution in [2.45, 2.75) is 46.0 Å². The summed E-state index contributed by atoms with van der Waals surface area (Å²) in [6.07, 6.45) is 7.30. The lowest BCUT2D eigenvalue weighted by Crippen LogP contribution is -2.24. The zero-order valence-corrected chi connectivity index (χ0v) is 14.4.